The summed E-state index contributed by atoms with van der Waals surface area (Å²) in [5, 5.41) is 0.363. The van der Waals surface area contributed by atoms with E-state index < -0.39 is 0 Å². The van der Waals surface area contributed by atoms with Gasteiger partial charge in [0.05, 0.1) is 6.17 Å². The molecule has 0 aromatic carbocycles. The second-order valence-corrected chi connectivity index (χ2v) is 3.39. The minimum atomic E-state index is -0.202. The molecule has 0 heterocycles. The first kappa shape index (κ1) is 9.62. The first-order valence-electron chi connectivity index (χ1n) is 2.87. The molecule has 0 amide bonds. The Morgan fingerprint density at radius 2 is 2.11 bits per heavy atom. The molecule has 4 heteroatoms. The predicted octanol–water partition coefficient (Wildman–Crippen LogP) is 0.281. The average molecular weight is 166 g/mol. The van der Waals surface area contributed by atoms with E-state index in [0.29, 0.717) is 5.25 Å². The summed E-state index contributed by atoms with van der Waals surface area (Å²) in [6, 6.07) is 0. The number of nitrogens with two attached hydrogens (primary N) is 2. The fourth-order valence-electron chi connectivity index (χ4n) is 0.595. The van der Waals surface area contributed by atoms with Crippen molar-refractivity contribution in [2.75, 3.05) is 12.0 Å². The van der Waals surface area contributed by atoms with Crippen LogP contribution in [0.3, 0.4) is 0 Å². The Labute approximate surface area is 66.2 Å². The Morgan fingerprint density at radius 1 is 1.56 bits per heavy atom. The van der Waals surface area contributed by atoms with E-state index in [1.807, 2.05) is 6.26 Å². The number of thioether (sulfide) groups is 1. The van der Waals surface area contributed by atoms with Crippen molar-refractivity contribution < 1.29 is 0 Å². The highest BCUT2D eigenvalue weighted by Crippen LogP contribution is 2.11. The quantitative estimate of drug-likeness (QED) is 0.415. The van der Waals surface area contributed by atoms with Crippen molar-refractivity contribution in [2.24, 2.45) is 11.5 Å². The van der Waals surface area contributed by atoms with E-state index in [1.165, 1.54) is 0 Å². The van der Waals surface area contributed by atoms with Crippen LogP contribution in [0.2, 0.25) is 0 Å². The average Bonchev–Trinajstić information content (AvgIpc) is 1.82. The number of hydrogen-bond donors (Lipinski definition) is 3. The molecule has 4 N–H and O–H groups in total. The van der Waals surface area contributed by atoms with Crippen LogP contribution in [-0.2, 0) is 0 Å². The van der Waals surface area contributed by atoms with Crippen LogP contribution >= 0.6 is 24.4 Å². The highest BCUT2D eigenvalue weighted by molar-refractivity contribution is 7.99. The van der Waals surface area contributed by atoms with Crippen molar-refractivity contribution in [1.29, 1.82) is 0 Å². The second kappa shape index (κ2) is 5.41. The zero-order valence-corrected chi connectivity index (χ0v) is 7.29. The molecule has 1 atom stereocenters. The molecule has 0 aliphatic heterocycles. The van der Waals surface area contributed by atoms with Gasteiger partial charge in [-0.25, -0.2) is 0 Å². The van der Waals surface area contributed by atoms with Crippen molar-refractivity contribution in [3.8, 4) is 0 Å². The van der Waals surface area contributed by atoms with Crippen molar-refractivity contribution in [1.82, 2.24) is 0 Å². The smallest absolute Gasteiger partial charge is 0.0643 e. The van der Waals surface area contributed by atoms with Gasteiger partial charge >= 0.3 is 0 Å². The molecule has 0 aromatic rings. The predicted molar refractivity (Wildman–Crippen MR) is 47.9 cm³/mol. The lowest BCUT2D eigenvalue weighted by Crippen LogP contribution is -2.40. The molecule has 9 heavy (non-hydrogen) atoms. The molecule has 0 radical (unpaired) electrons. The van der Waals surface area contributed by atoms with Gasteiger partial charge in [-0.05, 0) is 18.4 Å². The van der Waals surface area contributed by atoms with Gasteiger partial charge in [0, 0.05) is 5.25 Å². The van der Waals surface area contributed by atoms with Gasteiger partial charge in [-0.15, -0.1) is 0 Å². The molecule has 0 fully saturated rings. The first-order valence-corrected chi connectivity index (χ1v) is 4.79. The third kappa shape index (κ3) is 4.08. The lowest BCUT2D eigenvalue weighted by atomic mass is 10.3. The van der Waals surface area contributed by atoms with E-state index in [0.717, 1.165) is 12.2 Å². The third-order valence-corrected chi connectivity index (χ3v) is 2.56. The molecule has 1 unspecified atom stereocenters. The molecule has 0 saturated carbocycles. The van der Waals surface area contributed by atoms with Gasteiger partial charge in [0.15, 0.2) is 0 Å². The summed E-state index contributed by atoms with van der Waals surface area (Å²) < 4.78 is 0. The number of hydrogen-bond acceptors (Lipinski definition) is 4. The summed E-state index contributed by atoms with van der Waals surface area (Å²) >= 11 is 5.79. The maximum Gasteiger partial charge on any atom is 0.0643 e. The molecular weight excluding hydrogens is 152 g/mol. The zero-order chi connectivity index (χ0) is 7.28. The molecular formula is C5H14N2S2. The van der Waals surface area contributed by atoms with Crippen molar-refractivity contribution >= 4 is 24.4 Å². The molecule has 0 saturated heterocycles. The van der Waals surface area contributed by atoms with Crippen LogP contribution in [-0.4, -0.2) is 23.4 Å². The van der Waals surface area contributed by atoms with Gasteiger partial charge in [0.25, 0.3) is 0 Å². The normalized spacial score (nSPS) is 14.3. The Bertz CT molecular complexity index is 68.0. The summed E-state index contributed by atoms with van der Waals surface area (Å²) in [6.45, 7) is 0. The summed E-state index contributed by atoms with van der Waals surface area (Å²) in [4.78, 5) is 0. The number of thiol groups is 1. The molecule has 0 bridgehead atoms. The van der Waals surface area contributed by atoms with E-state index in [9.17, 15) is 0 Å². The standard InChI is InChI=1S/C5H14N2S2/c1-9-4(2-3-8)5(6)7/h4-5,8H,2-3,6-7H2,1H3. The Balaban J connectivity index is 3.41. The Kier molecular flexibility index (Phi) is 5.78. The van der Waals surface area contributed by atoms with Crippen molar-refractivity contribution in [3.05, 3.63) is 0 Å². The van der Waals surface area contributed by atoms with Crippen LogP contribution in [0.4, 0.5) is 0 Å². The molecule has 0 rings (SSSR count). The lowest BCUT2D eigenvalue weighted by molar-refractivity contribution is 0.649. The van der Waals surface area contributed by atoms with Crippen LogP contribution in [0.15, 0.2) is 0 Å². The molecule has 0 aliphatic carbocycles. The number of rotatable bonds is 4. The van der Waals surface area contributed by atoms with E-state index in [1.54, 1.807) is 11.8 Å². The minimum absolute atomic E-state index is 0.202. The van der Waals surface area contributed by atoms with Gasteiger partial charge in [-0.1, -0.05) is 0 Å². The van der Waals surface area contributed by atoms with Crippen LogP contribution in [0.25, 0.3) is 0 Å². The fraction of sp³-hybridized carbons (Fsp3) is 1.00. The third-order valence-electron chi connectivity index (χ3n) is 1.15. The highest BCUT2D eigenvalue weighted by Gasteiger charge is 2.10. The molecule has 0 aliphatic rings. The van der Waals surface area contributed by atoms with E-state index in [-0.39, 0.29) is 6.17 Å². The Morgan fingerprint density at radius 3 is 2.22 bits per heavy atom. The van der Waals surface area contributed by atoms with E-state index in [2.05, 4.69) is 12.6 Å². The van der Waals surface area contributed by atoms with Crippen LogP contribution in [0.1, 0.15) is 6.42 Å². The fourth-order valence-corrected chi connectivity index (χ4v) is 1.72. The molecule has 56 valence electrons. The SMILES string of the molecule is CSC(CCS)C(N)N. The topological polar surface area (TPSA) is 52.0 Å². The van der Waals surface area contributed by atoms with Gasteiger partial charge in [0.2, 0.25) is 0 Å². The zero-order valence-electron chi connectivity index (χ0n) is 5.58. The summed E-state index contributed by atoms with van der Waals surface area (Å²) in [6.07, 6.45) is 2.80. The largest absolute Gasteiger partial charge is 0.315 e. The van der Waals surface area contributed by atoms with Gasteiger partial charge in [-0.2, -0.15) is 24.4 Å². The minimum Gasteiger partial charge on any atom is -0.315 e. The van der Waals surface area contributed by atoms with Crippen LogP contribution in [0, 0.1) is 0 Å². The molecule has 0 spiro atoms. The van der Waals surface area contributed by atoms with Crippen molar-refractivity contribution in [2.45, 2.75) is 17.8 Å². The summed E-state index contributed by atoms with van der Waals surface area (Å²) in [5.41, 5.74) is 10.9. The maximum atomic E-state index is 5.46. The second-order valence-electron chi connectivity index (χ2n) is 1.86. The lowest BCUT2D eigenvalue weighted by Gasteiger charge is -2.16. The summed E-state index contributed by atoms with van der Waals surface area (Å²) in [5.74, 6) is 0.858. The molecule has 2 nitrogen and oxygen atoms in total. The highest BCUT2D eigenvalue weighted by atomic mass is 32.2. The first-order chi connectivity index (χ1) is 4.22. The van der Waals surface area contributed by atoms with Crippen LogP contribution < -0.4 is 11.5 Å². The molecule has 0 aromatic heterocycles. The Hall–Kier alpha value is 0.620. The van der Waals surface area contributed by atoms with E-state index in [4.69, 9.17) is 11.5 Å². The van der Waals surface area contributed by atoms with E-state index >= 15 is 0 Å². The monoisotopic (exact) mass is 166 g/mol. The van der Waals surface area contributed by atoms with Crippen LogP contribution in [0.5, 0.6) is 0 Å². The van der Waals surface area contributed by atoms with Gasteiger partial charge < -0.3 is 11.5 Å². The van der Waals surface area contributed by atoms with Gasteiger partial charge in [0.1, 0.15) is 0 Å². The summed E-state index contributed by atoms with van der Waals surface area (Å²) in [7, 11) is 0. The maximum absolute atomic E-state index is 5.46. The van der Waals surface area contributed by atoms with Crippen molar-refractivity contribution in [3.63, 3.8) is 0 Å². The van der Waals surface area contributed by atoms with Gasteiger partial charge in [-0.3, -0.25) is 0 Å².